The van der Waals surface area contributed by atoms with Crippen LogP contribution in [0.4, 0.5) is 0 Å². The molecule has 7 heteroatoms. The van der Waals surface area contributed by atoms with Crippen LogP contribution in [0.3, 0.4) is 0 Å². The Balaban J connectivity index is 1.61. The third-order valence-electron chi connectivity index (χ3n) is 4.56. The van der Waals surface area contributed by atoms with E-state index in [2.05, 4.69) is 29.1 Å². The summed E-state index contributed by atoms with van der Waals surface area (Å²) < 4.78 is 1.28. The van der Waals surface area contributed by atoms with Gasteiger partial charge in [-0.1, -0.05) is 17.3 Å². The predicted octanol–water partition coefficient (Wildman–Crippen LogP) is 0.734. The minimum Gasteiger partial charge on any atom is -0.340 e. The lowest BCUT2D eigenvalue weighted by Crippen LogP contribution is -2.50. The second-order valence-electron chi connectivity index (χ2n) is 6.40. The minimum atomic E-state index is -0.196. The molecular weight excluding hydrogens is 306 g/mol. The molecule has 2 aromatic rings. The van der Waals surface area contributed by atoms with Crippen molar-refractivity contribution in [1.29, 1.82) is 0 Å². The van der Waals surface area contributed by atoms with E-state index in [1.165, 1.54) is 4.68 Å². The standard InChI is InChI=1S/C17H23N5O2/c1-13(2)20-9-11-21(12-10-20)16(23)7-8-22-17(24)14-5-3-4-6-15(14)18-19-22/h3-6,13H,7-12H2,1-2H3. The number of amides is 1. The molecule has 0 saturated carbocycles. The number of benzene rings is 1. The van der Waals surface area contributed by atoms with Crippen molar-refractivity contribution in [3.8, 4) is 0 Å². The van der Waals surface area contributed by atoms with Crippen LogP contribution in [0.2, 0.25) is 0 Å². The predicted molar refractivity (Wildman–Crippen MR) is 91.7 cm³/mol. The van der Waals surface area contributed by atoms with Gasteiger partial charge in [0.05, 0.1) is 11.9 Å². The van der Waals surface area contributed by atoms with E-state index in [1.807, 2.05) is 11.0 Å². The third kappa shape index (κ3) is 3.46. The van der Waals surface area contributed by atoms with Gasteiger partial charge in [0, 0.05) is 38.6 Å². The van der Waals surface area contributed by atoms with Gasteiger partial charge in [-0.15, -0.1) is 5.10 Å². The maximum absolute atomic E-state index is 12.4. The molecule has 0 radical (unpaired) electrons. The van der Waals surface area contributed by atoms with Crippen LogP contribution in [0.1, 0.15) is 20.3 Å². The Morgan fingerprint density at radius 1 is 1.17 bits per heavy atom. The highest BCUT2D eigenvalue weighted by Crippen LogP contribution is 2.08. The van der Waals surface area contributed by atoms with Gasteiger partial charge < -0.3 is 4.90 Å². The molecule has 0 atom stereocenters. The number of carbonyl (C=O) groups is 1. The normalized spacial score (nSPS) is 16.0. The first-order valence-corrected chi connectivity index (χ1v) is 8.40. The van der Waals surface area contributed by atoms with Gasteiger partial charge in [-0.25, -0.2) is 4.68 Å². The number of hydrogen-bond donors (Lipinski definition) is 0. The molecule has 1 amide bonds. The summed E-state index contributed by atoms with van der Waals surface area (Å²) >= 11 is 0. The van der Waals surface area contributed by atoms with Crippen LogP contribution < -0.4 is 5.56 Å². The van der Waals surface area contributed by atoms with E-state index in [0.717, 1.165) is 26.2 Å². The summed E-state index contributed by atoms with van der Waals surface area (Å²) in [6, 6.07) is 7.62. The van der Waals surface area contributed by atoms with Crippen molar-refractivity contribution < 1.29 is 4.79 Å². The number of aryl methyl sites for hydroxylation is 1. The monoisotopic (exact) mass is 329 g/mol. The van der Waals surface area contributed by atoms with E-state index in [-0.39, 0.29) is 24.4 Å². The molecule has 1 saturated heterocycles. The Hall–Kier alpha value is -2.28. The van der Waals surface area contributed by atoms with Crippen molar-refractivity contribution in [2.24, 2.45) is 0 Å². The second kappa shape index (κ2) is 7.09. The zero-order chi connectivity index (χ0) is 17.1. The molecule has 0 N–H and O–H groups in total. The topological polar surface area (TPSA) is 71.3 Å². The maximum atomic E-state index is 12.4. The second-order valence-corrected chi connectivity index (χ2v) is 6.40. The zero-order valence-corrected chi connectivity index (χ0v) is 14.2. The smallest absolute Gasteiger partial charge is 0.277 e. The highest BCUT2D eigenvalue weighted by molar-refractivity contribution is 5.77. The van der Waals surface area contributed by atoms with Gasteiger partial charge in [0.15, 0.2) is 0 Å². The van der Waals surface area contributed by atoms with Crippen LogP contribution in [0, 0.1) is 0 Å². The van der Waals surface area contributed by atoms with E-state index in [9.17, 15) is 9.59 Å². The van der Waals surface area contributed by atoms with Crippen LogP contribution in [-0.2, 0) is 11.3 Å². The molecule has 3 rings (SSSR count). The molecule has 0 bridgehead atoms. The fourth-order valence-corrected chi connectivity index (χ4v) is 3.02. The zero-order valence-electron chi connectivity index (χ0n) is 14.2. The maximum Gasteiger partial charge on any atom is 0.277 e. The Bertz CT molecular complexity index is 778. The van der Waals surface area contributed by atoms with Gasteiger partial charge >= 0.3 is 0 Å². The van der Waals surface area contributed by atoms with Crippen LogP contribution >= 0.6 is 0 Å². The molecule has 7 nitrogen and oxygen atoms in total. The first-order chi connectivity index (χ1) is 11.6. The average Bonchev–Trinajstić information content (AvgIpc) is 2.61. The summed E-state index contributed by atoms with van der Waals surface area (Å²) in [5, 5.41) is 8.51. The summed E-state index contributed by atoms with van der Waals surface area (Å²) in [6.07, 6.45) is 0.272. The van der Waals surface area contributed by atoms with E-state index in [1.54, 1.807) is 18.2 Å². The fraction of sp³-hybridized carbons (Fsp3) is 0.529. The molecule has 1 aliphatic heterocycles. The quantitative estimate of drug-likeness (QED) is 0.827. The average molecular weight is 329 g/mol. The van der Waals surface area contributed by atoms with Crippen molar-refractivity contribution in [2.75, 3.05) is 26.2 Å². The van der Waals surface area contributed by atoms with Crippen molar-refractivity contribution in [3.63, 3.8) is 0 Å². The summed E-state index contributed by atoms with van der Waals surface area (Å²) in [7, 11) is 0. The molecule has 1 fully saturated rings. The molecule has 24 heavy (non-hydrogen) atoms. The van der Waals surface area contributed by atoms with Gasteiger partial charge in [0.25, 0.3) is 5.56 Å². The van der Waals surface area contributed by atoms with Gasteiger partial charge in [0.1, 0.15) is 5.52 Å². The molecule has 1 aromatic heterocycles. The SMILES string of the molecule is CC(C)N1CCN(C(=O)CCn2nnc3ccccc3c2=O)CC1. The lowest BCUT2D eigenvalue weighted by molar-refractivity contribution is -0.133. The molecule has 1 aromatic carbocycles. The summed E-state index contributed by atoms with van der Waals surface area (Å²) in [5.74, 6) is 0.0697. The highest BCUT2D eigenvalue weighted by atomic mass is 16.2. The number of fused-ring (bicyclic) bond motifs is 1. The molecule has 128 valence electrons. The minimum absolute atomic E-state index is 0.0697. The molecule has 0 unspecified atom stereocenters. The lowest BCUT2D eigenvalue weighted by Gasteiger charge is -2.37. The van der Waals surface area contributed by atoms with E-state index < -0.39 is 0 Å². The number of piperazine rings is 1. The van der Waals surface area contributed by atoms with E-state index >= 15 is 0 Å². The van der Waals surface area contributed by atoms with Gasteiger partial charge in [-0.05, 0) is 26.0 Å². The fourth-order valence-electron chi connectivity index (χ4n) is 3.02. The van der Waals surface area contributed by atoms with E-state index in [4.69, 9.17) is 0 Å². The molecule has 0 aliphatic carbocycles. The first kappa shape index (κ1) is 16.6. The van der Waals surface area contributed by atoms with E-state index in [0.29, 0.717) is 16.9 Å². The van der Waals surface area contributed by atoms with Crippen molar-refractivity contribution in [1.82, 2.24) is 24.8 Å². The van der Waals surface area contributed by atoms with Crippen molar-refractivity contribution in [2.45, 2.75) is 32.9 Å². The number of rotatable bonds is 4. The first-order valence-electron chi connectivity index (χ1n) is 8.40. The van der Waals surface area contributed by atoms with Crippen LogP contribution in [0.15, 0.2) is 29.1 Å². The number of nitrogens with zero attached hydrogens (tertiary/aromatic N) is 5. The summed E-state index contributed by atoms with van der Waals surface area (Å²) in [6.45, 7) is 7.90. The number of hydrogen-bond acceptors (Lipinski definition) is 5. The number of carbonyl (C=O) groups excluding carboxylic acids is 1. The van der Waals surface area contributed by atoms with Gasteiger partial charge in [-0.3, -0.25) is 14.5 Å². The van der Waals surface area contributed by atoms with Gasteiger partial charge in [0.2, 0.25) is 5.91 Å². The van der Waals surface area contributed by atoms with Crippen molar-refractivity contribution >= 4 is 16.8 Å². The van der Waals surface area contributed by atoms with Crippen LogP contribution in [0.5, 0.6) is 0 Å². The van der Waals surface area contributed by atoms with Crippen LogP contribution in [0.25, 0.3) is 10.9 Å². The lowest BCUT2D eigenvalue weighted by atomic mass is 10.2. The molecule has 0 spiro atoms. The Kier molecular flexibility index (Phi) is 4.89. The van der Waals surface area contributed by atoms with Crippen LogP contribution in [-0.4, -0.2) is 62.9 Å². The van der Waals surface area contributed by atoms with Gasteiger partial charge in [-0.2, -0.15) is 0 Å². The Morgan fingerprint density at radius 2 is 1.88 bits per heavy atom. The molecular formula is C17H23N5O2. The van der Waals surface area contributed by atoms with Crippen molar-refractivity contribution in [3.05, 3.63) is 34.6 Å². The molecule has 1 aliphatic rings. The largest absolute Gasteiger partial charge is 0.340 e. The summed E-state index contributed by atoms with van der Waals surface area (Å²) in [4.78, 5) is 29.0. The highest BCUT2D eigenvalue weighted by Gasteiger charge is 2.22. The third-order valence-corrected chi connectivity index (χ3v) is 4.56. The summed E-state index contributed by atoms with van der Waals surface area (Å²) in [5.41, 5.74) is 0.382. The Labute approximate surface area is 140 Å². The number of aromatic nitrogens is 3. The molecule has 2 heterocycles. The Morgan fingerprint density at radius 3 is 2.58 bits per heavy atom.